The third-order valence-electron chi connectivity index (χ3n) is 6.98. The molecular weight excluding hydrogens is 540 g/mol. The van der Waals surface area contributed by atoms with Crippen molar-refractivity contribution in [3.63, 3.8) is 0 Å². The Hall–Kier alpha value is -2.37. The van der Waals surface area contributed by atoms with Crippen LogP contribution in [0, 0.1) is 0 Å². The Bertz CT molecular complexity index is 886. The molecule has 0 aliphatic carbocycles. The molecule has 0 radical (unpaired) electrons. The van der Waals surface area contributed by atoms with Crippen LogP contribution < -0.4 is 18.9 Å². The van der Waals surface area contributed by atoms with E-state index >= 15 is 0 Å². The van der Waals surface area contributed by atoms with Gasteiger partial charge in [-0.1, -0.05) is 105 Å². The molecule has 1 aromatic rings. The molecule has 0 spiro atoms. The lowest BCUT2D eigenvalue weighted by Crippen LogP contribution is -2.22. The van der Waals surface area contributed by atoms with E-state index in [4.69, 9.17) is 23.7 Å². The SMILES string of the molecule is CCCCCCOc1cc(C=CC(=O)OC(C)(C)C)c(OCCCCCC)c(OCCCCCC)c1OCCCCCC. The highest BCUT2D eigenvalue weighted by atomic mass is 16.6. The number of benzene rings is 1. The Balaban J connectivity index is 3.53. The van der Waals surface area contributed by atoms with Gasteiger partial charge in [0.2, 0.25) is 11.5 Å². The Morgan fingerprint density at radius 2 is 1.00 bits per heavy atom. The summed E-state index contributed by atoms with van der Waals surface area (Å²) in [6.07, 6.45) is 20.9. The third-order valence-corrected chi connectivity index (χ3v) is 6.98. The predicted molar refractivity (Wildman–Crippen MR) is 180 cm³/mol. The first-order chi connectivity index (χ1) is 20.8. The number of esters is 1. The summed E-state index contributed by atoms with van der Waals surface area (Å²) in [4.78, 5) is 12.6. The van der Waals surface area contributed by atoms with Gasteiger partial charge in [0.15, 0.2) is 11.5 Å². The average molecular weight is 605 g/mol. The van der Waals surface area contributed by atoms with Gasteiger partial charge in [0, 0.05) is 11.6 Å². The van der Waals surface area contributed by atoms with E-state index in [2.05, 4.69) is 27.7 Å². The Kier molecular flexibility index (Phi) is 21.6. The summed E-state index contributed by atoms with van der Waals surface area (Å²) in [6, 6.07) is 1.94. The normalized spacial score (nSPS) is 11.6. The van der Waals surface area contributed by atoms with Gasteiger partial charge in [-0.3, -0.25) is 0 Å². The van der Waals surface area contributed by atoms with Crippen LogP contribution in [0.1, 0.15) is 157 Å². The molecule has 0 saturated heterocycles. The van der Waals surface area contributed by atoms with E-state index < -0.39 is 11.6 Å². The number of hydrogen-bond donors (Lipinski definition) is 0. The molecule has 0 atom stereocenters. The molecule has 0 aromatic heterocycles. The van der Waals surface area contributed by atoms with Crippen molar-refractivity contribution in [2.45, 2.75) is 157 Å². The second-order valence-electron chi connectivity index (χ2n) is 12.5. The maximum absolute atomic E-state index is 12.6. The Morgan fingerprint density at radius 3 is 1.44 bits per heavy atom. The minimum atomic E-state index is -0.574. The van der Waals surface area contributed by atoms with Crippen molar-refractivity contribution in [2.75, 3.05) is 26.4 Å². The smallest absolute Gasteiger partial charge is 0.331 e. The first kappa shape index (κ1) is 38.7. The number of rotatable bonds is 26. The van der Waals surface area contributed by atoms with E-state index in [-0.39, 0.29) is 0 Å². The van der Waals surface area contributed by atoms with Gasteiger partial charge in [0.25, 0.3) is 0 Å². The van der Waals surface area contributed by atoms with Gasteiger partial charge in [-0.15, -0.1) is 0 Å². The topological polar surface area (TPSA) is 63.2 Å². The largest absolute Gasteiger partial charge is 0.490 e. The van der Waals surface area contributed by atoms with Crippen LogP contribution in [0.5, 0.6) is 23.0 Å². The predicted octanol–water partition coefficient (Wildman–Crippen LogP) is 10.9. The van der Waals surface area contributed by atoms with Gasteiger partial charge in [0.1, 0.15) is 5.60 Å². The molecule has 1 rings (SSSR count). The summed E-state index contributed by atoms with van der Waals surface area (Å²) < 4.78 is 31.3. The van der Waals surface area contributed by atoms with Crippen LogP contribution in [0.2, 0.25) is 0 Å². The monoisotopic (exact) mass is 604 g/mol. The molecule has 43 heavy (non-hydrogen) atoms. The summed E-state index contributed by atoms with van der Waals surface area (Å²) in [5.41, 5.74) is 0.154. The highest BCUT2D eigenvalue weighted by molar-refractivity contribution is 5.88. The van der Waals surface area contributed by atoms with Crippen LogP contribution in [0.25, 0.3) is 6.08 Å². The fourth-order valence-corrected chi connectivity index (χ4v) is 4.58. The Morgan fingerprint density at radius 1 is 0.581 bits per heavy atom. The van der Waals surface area contributed by atoms with Crippen LogP contribution in [-0.2, 0) is 9.53 Å². The van der Waals surface area contributed by atoms with Gasteiger partial charge in [-0.25, -0.2) is 4.79 Å². The van der Waals surface area contributed by atoms with Crippen molar-refractivity contribution in [1.82, 2.24) is 0 Å². The highest BCUT2D eigenvalue weighted by Gasteiger charge is 2.24. The van der Waals surface area contributed by atoms with Crippen LogP contribution in [0.4, 0.5) is 0 Å². The average Bonchev–Trinajstić information content (AvgIpc) is 2.96. The number of carbonyl (C=O) groups excluding carboxylic acids is 1. The summed E-state index contributed by atoms with van der Waals surface area (Å²) in [5, 5.41) is 0. The zero-order chi connectivity index (χ0) is 31.8. The summed E-state index contributed by atoms with van der Waals surface area (Å²) in [5.74, 6) is 2.03. The van der Waals surface area contributed by atoms with E-state index in [9.17, 15) is 4.79 Å². The van der Waals surface area contributed by atoms with Gasteiger partial charge in [-0.05, 0) is 58.6 Å². The molecule has 0 aliphatic rings. The van der Waals surface area contributed by atoms with E-state index in [1.807, 2.05) is 26.8 Å². The zero-order valence-electron chi connectivity index (χ0n) is 28.8. The molecule has 0 amide bonds. The molecule has 6 heteroatoms. The lowest BCUT2D eigenvalue weighted by atomic mass is 10.1. The lowest BCUT2D eigenvalue weighted by Gasteiger charge is -2.22. The maximum Gasteiger partial charge on any atom is 0.331 e. The summed E-state index contributed by atoms with van der Waals surface area (Å²) in [7, 11) is 0. The van der Waals surface area contributed by atoms with E-state index in [0.29, 0.717) is 49.4 Å². The first-order valence-corrected chi connectivity index (χ1v) is 17.4. The van der Waals surface area contributed by atoms with Crippen LogP contribution in [0.3, 0.4) is 0 Å². The zero-order valence-corrected chi connectivity index (χ0v) is 28.8. The van der Waals surface area contributed by atoms with Crippen LogP contribution in [0.15, 0.2) is 12.1 Å². The number of carbonyl (C=O) groups is 1. The first-order valence-electron chi connectivity index (χ1n) is 17.4. The molecule has 0 unspecified atom stereocenters. The van der Waals surface area contributed by atoms with Crippen molar-refractivity contribution in [1.29, 1.82) is 0 Å². The summed E-state index contributed by atoms with van der Waals surface area (Å²) in [6.45, 7) is 16.7. The van der Waals surface area contributed by atoms with E-state index in [1.54, 1.807) is 6.08 Å². The van der Waals surface area contributed by atoms with Gasteiger partial charge in [-0.2, -0.15) is 0 Å². The standard InChI is InChI=1S/C37H64O6/c1-8-12-16-20-26-39-32-30-31(24-25-33(38)43-37(5,6)7)34(40-27-21-17-13-9-2)36(42-29-23-19-15-11-4)35(32)41-28-22-18-14-10-3/h24-25,30H,8-23,26-29H2,1-7H3. The quantitative estimate of drug-likeness (QED) is 0.0595. The highest BCUT2D eigenvalue weighted by Crippen LogP contribution is 2.48. The number of unbranched alkanes of at least 4 members (excludes halogenated alkanes) is 12. The molecule has 0 fully saturated rings. The van der Waals surface area contributed by atoms with Crippen LogP contribution >= 0.6 is 0 Å². The van der Waals surface area contributed by atoms with Gasteiger partial charge >= 0.3 is 5.97 Å². The molecule has 0 aliphatic heterocycles. The second kappa shape index (κ2) is 24.0. The lowest BCUT2D eigenvalue weighted by molar-refractivity contribution is -0.148. The van der Waals surface area contributed by atoms with Gasteiger partial charge in [0.05, 0.1) is 26.4 Å². The van der Waals surface area contributed by atoms with E-state index in [1.165, 1.54) is 51.0 Å². The molecule has 0 heterocycles. The maximum atomic E-state index is 12.6. The third kappa shape index (κ3) is 18.1. The summed E-state index contributed by atoms with van der Waals surface area (Å²) >= 11 is 0. The van der Waals surface area contributed by atoms with Crippen molar-refractivity contribution in [3.05, 3.63) is 17.7 Å². The fraction of sp³-hybridized carbons (Fsp3) is 0.757. The molecule has 0 saturated carbocycles. The van der Waals surface area contributed by atoms with Crippen molar-refractivity contribution in [3.8, 4) is 23.0 Å². The second-order valence-corrected chi connectivity index (χ2v) is 12.5. The molecule has 1 aromatic carbocycles. The van der Waals surface area contributed by atoms with Crippen molar-refractivity contribution in [2.24, 2.45) is 0 Å². The molecule has 6 nitrogen and oxygen atoms in total. The number of ether oxygens (including phenoxy) is 5. The van der Waals surface area contributed by atoms with Crippen molar-refractivity contribution < 1.29 is 28.5 Å². The minimum Gasteiger partial charge on any atom is -0.490 e. The van der Waals surface area contributed by atoms with Gasteiger partial charge < -0.3 is 23.7 Å². The van der Waals surface area contributed by atoms with Crippen LogP contribution in [-0.4, -0.2) is 38.0 Å². The van der Waals surface area contributed by atoms with E-state index in [0.717, 1.165) is 63.4 Å². The Labute approximate surface area is 264 Å². The molecule has 0 bridgehead atoms. The minimum absolute atomic E-state index is 0.401. The molecular formula is C37H64O6. The number of hydrogen-bond acceptors (Lipinski definition) is 6. The van der Waals surface area contributed by atoms with Crippen molar-refractivity contribution >= 4 is 12.0 Å². The molecule has 248 valence electrons. The fourth-order valence-electron chi connectivity index (χ4n) is 4.58. The molecule has 0 N–H and O–H groups in total.